The van der Waals surface area contributed by atoms with Crippen molar-refractivity contribution < 1.29 is 14.4 Å². The van der Waals surface area contributed by atoms with E-state index in [1.54, 1.807) is 0 Å². The van der Waals surface area contributed by atoms with Crippen molar-refractivity contribution in [3.63, 3.8) is 0 Å². The molecule has 3 N–H and O–H groups in total. The van der Waals surface area contributed by atoms with Crippen LogP contribution in [0.4, 0.5) is 0 Å². The number of nitrogens with two attached hydrogens (primary N) is 1. The molecule has 1 atom stereocenters. The van der Waals surface area contributed by atoms with Gasteiger partial charge in [-0.2, -0.15) is 0 Å². The van der Waals surface area contributed by atoms with Crippen molar-refractivity contribution in [2.45, 2.75) is 39.7 Å². The van der Waals surface area contributed by atoms with Crippen molar-refractivity contribution in [2.24, 2.45) is 11.7 Å². The minimum Gasteiger partial charge on any atom is -0.348 e. The molecule has 1 aliphatic heterocycles. The van der Waals surface area contributed by atoms with E-state index in [1.807, 2.05) is 13.8 Å². The van der Waals surface area contributed by atoms with Crippen LogP contribution in [0.3, 0.4) is 0 Å². The minimum absolute atomic E-state index is 0.101. The van der Waals surface area contributed by atoms with E-state index >= 15 is 0 Å². The monoisotopic (exact) mass is 312 g/mol. The number of amides is 3. The first-order chi connectivity index (χ1) is 10.2. The van der Waals surface area contributed by atoms with Crippen molar-refractivity contribution in [2.75, 3.05) is 32.7 Å². The van der Waals surface area contributed by atoms with Gasteiger partial charge in [-0.3, -0.25) is 14.4 Å². The van der Waals surface area contributed by atoms with Crippen molar-refractivity contribution in [1.29, 1.82) is 0 Å². The Balaban J connectivity index is 2.61. The molecule has 0 aliphatic carbocycles. The van der Waals surface area contributed by atoms with E-state index < -0.39 is 17.4 Å². The number of carbonyl (C=O) groups excluding carboxylic acids is 3. The maximum atomic E-state index is 12.2. The molecule has 1 saturated heterocycles. The van der Waals surface area contributed by atoms with Crippen LogP contribution in [-0.2, 0) is 14.4 Å². The molecule has 0 saturated carbocycles. The molecule has 7 heteroatoms. The Kier molecular flexibility index (Phi) is 6.34. The molecule has 1 heterocycles. The fourth-order valence-corrected chi connectivity index (χ4v) is 2.80. The second kappa shape index (κ2) is 7.58. The molecule has 1 fully saturated rings. The number of nitrogens with one attached hydrogen (secondary N) is 1. The highest BCUT2D eigenvalue weighted by molar-refractivity contribution is 6.35. The third-order valence-electron chi connectivity index (χ3n) is 3.86. The Bertz CT molecular complexity index is 439. The normalized spacial score (nSPS) is 18.6. The van der Waals surface area contributed by atoms with Gasteiger partial charge in [-0.15, -0.1) is 0 Å². The molecule has 0 aromatic rings. The molecule has 0 bridgehead atoms. The fourth-order valence-electron chi connectivity index (χ4n) is 2.80. The Morgan fingerprint density at radius 2 is 1.82 bits per heavy atom. The van der Waals surface area contributed by atoms with Crippen molar-refractivity contribution in [1.82, 2.24) is 15.1 Å². The summed E-state index contributed by atoms with van der Waals surface area (Å²) in [5.41, 5.74) is 5.27. The van der Waals surface area contributed by atoms with Crippen LogP contribution in [0.25, 0.3) is 0 Å². The van der Waals surface area contributed by atoms with Crippen molar-refractivity contribution in [3.8, 4) is 0 Å². The maximum absolute atomic E-state index is 12.2. The Hall–Kier alpha value is -1.63. The SMILES string of the molecule is CCN1CCN(CC(=O)NC(C)(CN)CC(C)C)C(=O)C1=O. The summed E-state index contributed by atoms with van der Waals surface area (Å²) in [4.78, 5) is 38.8. The second-order valence-corrected chi connectivity index (χ2v) is 6.52. The van der Waals surface area contributed by atoms with Gasteiger partial charge < -0.3 is 20.9 Å². The van der Waals surface area contributed by atoms with E-state index in [9.17, 15) is 14.4 Å². The van der Waals surface area contributed by atoms with E-state index in [0.29, 0.717) is 32.1 Å². The summed E-state index contributed by atoms with van der Waals surface area (Å²) >= 11 is 0. The molecular weight excluding hydrogens is 284 g/mol. The average Bonchev–Trinajstić information content (AvgIpc) is 2.43. The van der Waals surface area contributed by atoms with E-state index in [2.05, 4.69) is 19.2 Å². The van der Waals surface area contributed by atoms with Gasteiger partial charge in [-0.25, -0.2) is 0 Å². The van der Waals surface area contributed by atoms with Gasteiger partial charge >= 0.3 is 11.8 Å². The Labute approximate surface area is 132 Å². The van der Waals surface area contributed by atoms with E-state index in [0.717, 1.165) is 6.42 Å². The number of likely N-dealkylation sites (N-methyl/N-ethyl adjacent to an activating group) is 1. The number of piperazine rings is 1. The van der Waals surface area contributed by atoms with Crippen molar-refractivity contribution >= 4 is 17.7 Å². The summed E-state index contributed by atoms with van der Waals surface area (Å²) < 4.78 is 0. The van der Waals surface area contributed by atoms with Crippen LogP contribution >= 0.6 is 0 Å². The zero-order valence-corrected chi connectivity index (χ0v) is 14.0. The molecule has 0 spiro atoms. The number of rotatable bonds is 7. The third kappa shape index (κ3) is 4.69. The molecule has 0 radical (unpaired) electrons. The van der Waals surface area contributed by atoms with Gasteiger partial charge in [0.2, 0.25) is 5.91 Å². The third-order valence-corrected chi connectivity index (χ3v) is 3.86. The molecule has 1 unspecified atom stereocenters. The first-order valence-corrected chi connectivity index (χ1v) is 7.81. The molecular formula is C15H28N4O3. The van der Waals surface area contributed by atoms with Crippen LogP contribution < -0.4 is 11.1 Å². The van der Waals surface area contributed by atoms with E-state index in [1.165, 1.54) is 9.80 Å². The summed E-state index contributed by atoms with van der Waals surface area (Å²) in [5, 5.41) is 2.90. The van der Waals surface area contributed by atoms with Crippen molar-refractivity contribution in [3.05, 3.63) is 0 Å². The maximum Gasteiger partial charge on any atom is 0.312 e. The van der Waals surface area contributed by atoms with Gasteiger partial charge in [0.05, 0.1) is 0 Å². The summed E-state index contributed by atoms with van der Waals surface area (Å²) in [6, 6.07) is 0. The summed E-state index contributed by atoms with van der Waals surface area (Å²) in [7, 11) is 0. The van der Waals surface area contributed by atoms with Gasteiger partial charge in [0.25, 0.3) is 0 Å². The van der Waals surface area contributed by atoms with Gasteiger partial charge in [-0.05, 0) is 26.2 Å². The van der Waals surface area contributed by atoms with Crippen LogP contribution in [0.1, 0.15) is 34.1 Å². The molecule has 0 aromatic carbocycles. The van der Waals surface area contributed by atoms with Crippen LogP contribution in [-0.4, -0.2) is 65.8 Å². The zero-order chi connectivity index (χ0) is 16.9. The number of hydrogen-bond donors (Lipinski definition) is 2. The lowest BCUT2D eigenvalue weighted by atomic mass is 9.90. The van der Waals surface area contributed by atoms with Crippen LogP contribution in [0, 0.1) is 5.92 Å². The van der Waals surface area contributed by atoms with Gasteiger partial charge in [0.1, 0.15) is 6.54 Å². The summed E-state index contributed by atoms with van der Waals surface area (Å²) in [6.45, 7) is 9.43. The number of carbonyl (C=O) groups is 3. The highest BCUT2D eigenvalue weighted by Crippen LogP contribution is 2.15. The average molecular weight is 312 g/mol. The molecule has 3 amide bonds. The fraction of sp³-hybridized carbons (Fsp3) is 0.800. The minimum atomic E-state index is -0.610. The smallest absolute Gasteiger partial charge is 0.312 e. The quantitative estimate of drug-likeness (QED) is 0.623. The van der Waals surface area contributed by atoms with Crippen LogP contribution in [0.15, 0.2) is 0 Å². The van der Waals surface area contributed by atoms with Crippen LogP contribution in [0.2, 0.25) is 0 Å². The van der Waals surface area contributed by atoms with Gasteiger partial charge in [0, 0.05) is 31.7 Å². The Morgan fingerprint density at radius 1 is 1.27 bits per heavy atom. The summed E-state index contributed by atoms with van der Waals surface area (Å²) in [6.07, 6.45) is 0.756. The largest absolute Gasteiger partial charge is 0.348 e. The Morgan fingerprint density at radius 3 is 2.32 bits per heavy atom. The number of hydrogen-bond acceptors (Lipinski definition) is 4. The molecule has 126 valence electrons. The molecule has 1 aliphatic rings. The number of nitrogens with zero attached hydrogens (tertiary/aromatic N) is 2. The summed E-state index contributed by atoms with van der Waals surface area (Å²) in [5.74, 6) is -1.03. The lowest BCUT2D eigenvalue weighted by Crippen LogP contribution is -2.59. The second-order valence-electron chi connectivity index (χ2n) is 6.52. The first-order valence-electron chi connectivity index (χ1n) is 7.81. The lowest BCUT2D eigenvalue weighted by molar-refractivity contribution is -0.156. The van der Waals surface area contributed by atoms with Gasteiger partial charge in [0.15, 0.2) is 0 Å². The predicted molar refractivity (Wildman–Crippen MR) is 83.9 cm³/mol. The molecule has 22 heavy (non-hydrogen) atoms. The highest BCUT2D eigenvalue weighted by atomic mass is 16.2. The van der Waals surface area contributed by atoms with E-state index in [-0.39, 0.29) is 12.5 Å². The molecule has 1 rings (SSSR count). The van der Waals surface area contributed by atoms with E-state index in [4.69, 9.17) is 5.73 Å². The topological polar surface area (TPSA) is 95.7 Å². The standard InChI is InChI=1S/C15H28N4O3/c1-5-18-6-7-19(14(22)13(18)21)9-12(20)17-15(4,10-16)8-11(2)3/h11H,5-10,16H2,1-4H3,(H,17,20). The first kappa shape index (κ1) is 18.4. The zero-order valence-electron chi connectivity index (χ0n) is 14.0. The predicted octanol–water partition coefficient (Wildman–Crippen LogP) is -0.443. The molecule has 7 nitrogen and oxygen atoms in total. The van der Waals surface area contributed by atoms with Gasteiger partial charge in [-0.1, -0.05) is 13.8 Å². The lowest BCUT2D eigenvalue weighted by Gasteiger charge is -2.35. The van der Waals surface area contributed by atoms with Crippen LogP contribution in [0.5, 0.6) is 0 Å². The molecule has 0 aromatic heterocycles. The highest BCUT2D eigenvalue weighted by Gasteiger charge is 2.34.